The fourth-order valence-electron chi connectivity index (χ4n) is 3.79. The van der Waals surface area contributed by atoms with Crippen LogP contribution in [-0.4, -0.2) is 33.4 Å². The number of rotatable bonds is 3. The predicted octanol–water partition coefficient (Wildman–Crippen LogP) is 2.61. The number of carbonyl (C=O) groups excluding carboxylic acids is 1. The zero-order valence-corrected chi connectivity index (χ0v) is 14.9. The number of para-hydroxylation sites is 2. The summed E-state index contributed by atoms with van der Waals surface area (Å²) in [6, 6.07) is 17.0. The van der Waals surface area contributed by atoms with Crippen LogP contribution in [0.25, 0.3) is 11.0 Å². The number of benzene rings is 2. The lowest BCUT2D eigenvalue weighted by Crippen LogP contribution is -2.41. The summed E-state index contributed by atoms with van der Waals surface area (Å²) in [6.07, 6.45) is 1.87. The van der Waals surface area contributed by atoms with Crippen molar-refractivity contribution in [2.24, 2.45) is 0 Å². The number of aromatic nitrogens is 2. The molecule has 0 saturated carbocycles. The number of nitriles is 1. The average molecular weight is 360 g/mol. The molecule has 1 aliphatic heterocycles. The van der Waals surface area contributed by atoms with Gasteiger partial charge in [-0.15, -0.1) is 0 Å². The van der Waals surface area contributed by atoms with E-state index in [1.54, 1.807) is 12.1 Å². The van der Waals surface area contributed by atoms with Gasteiger partial charge in [0.1, 0.15) is 0 Å². The Kier molecular flexibility index (Phi) is 4.51. The normalized spacial score (nSPS) is 15.0. The minimum atomic E-state index is -0.0847. The molecule has 6 nitrogen and oxygen atoms in total. The molecule has 0 aliphatic carbocycles. The van der Waals surface area contributed by atoms with Gasteiger partial charge in [0.05, 0.1) is 29.1 Å². The molecule has 1 N–H and O–H groups in total. The second-order valence-corrected chi connectivity index (χ2v) is 6.91. The molecule has 0 atom stereocenters. The quantitative estimate of drug-likeness (QED) is 0.779. The van der Waals surface area contributed by atoms with Crippen LogP contribution >= 0.6 is 0 Å². The van der Waals surface area contributed by atoms with Crippen LogP contribution in [0.1, 0.15) is 30.0 Å². The predicted molar refractivity (Wildman–Crippen MR) is 102 cm³/mol. The minimum absolute atomic E-state index is 0.0847. The van der Waals surface area contributed by atoms with E-state index in [0.717, 1.165) is 29.4 Å². The molecule has 2 aromatic carbocycles. The lowest BCUT2D eigenvalue weighted by molar-refractivity contribution is -0.131. The first kappa shape index (κ1) is 17.1. The van der Waals surface area contributed by atoms with Crippen molar-refractivity contribution in [3.05, 3.63) is 70.1 Å². The standard InChI is InChI=1S/C21H20N4O2/c22-14-16-7-5-15(6-8-16)13-20(26)24-11-9-17(10-12-24)25-19-4-2-1-3-18(19)23-21(25)27/h1-8,17H,9-13H2,(H,23,27). The van der Waals surface area contributed by atoms with E-state index >= 15 is 0 Å². The van der Waals surface area contributed by atoms with Crippen molar-refractivity contribution in [1.29, 1.82) is 5.26 Å². The van der Waals surface area contributed by atoms with Gasteiger partial charge in [-0.25, -0.2) is 4.79 Å². The number of amides is 1. The van der Waals surface area contributed by atoms with E-state index in [0.29, 0.717) is 25.1 Å². The molecular formula is C21H20N4O2. The Labute approximate surface area is 156 Å². The van der Waals surface area contributed by atoms with E-state index in [9.17, 15) is 9.59 Å². The second-order valence-electron chi connectivity index (χ2n) is 6.91. The second kappa shape index (κ2) is 7.12. The number of hydrogen-bond donors (Lipinski definition) is 1. The van der Waals surface area contributed by atoms with E-state index in [4.69, 9.17) is 5.26 Å². The maximum Gasteiger partial charge on any atom is 0.326 e. The third kappa shape index (κ3) is 3.36. The third-order valence-electron chi connectivity index (χ3n) is 5.24. The van der Waals surface area contributed by atoms with Crippen molar-refractivity contribution >= 4 is 16.9 Å². The fourth-order valence-corrected chi connectivity index (χ4v) is 3.79. The largest absolute Gasteiger partial charge is 0.342 e. The van der Waals surface area contributed by atoms with Crippen LogP contribution in [0.15, 0.2) is 53.3 Å². The zero-order valence-electron chi connectivity index (χ0n) is 14.9. The van der Waals surface area contributed by atoms with Gasteiger partial charge in [0.2, 0.25) is 5.91 Å². The van der Waals surface area contributed by atoms with Gasteiger partial charge in [-0.2, -0.15) is 5.26 Å². The summed E-state index contributed by atoms with van der Waals surface area (Å²) in [5.74, 6) is 0.0874. The number of hydrogen-bond acceptors (Lipinski definition) is 3. The lowest BCUT2D eigenvalue weighted by Gasteiger charge is -2.32. The Balaban J connectivity index is 1.42. The van der Waals surface area contributed by atoms with E-state index in [2.05, 4.69) is 11.1 Å². The Hall–Kier alpha value is -3.33. The summed E-state index contributed by atoms with van der Waals surface area (Å²) in [7, 11) is 0. The van der Waals surface area contributed by atoms with Gasteiger partial charge in [-0.3, -0.25) is 9.36 Å². The van der Waals surface area contributed by atoms with Crippen molar-refractivity contribution in [2.75, 3.05) is 13.1 Å². The monoisotopic (exact) mass is 360 g/mol. The highest BCUT2D eigenvalue weighted by Crippen LogP contribution is 2.25. The van der Waals surface area contributed by atoms with Crippen LogP contribution < -0.4 is 5.69 Å². The van der Waals surface area contributed by atoms with Gasteiger partial charge in [0, 0.05) is 19.1 Å². The fraction of sp³-hybridized carbons (Fsp3) is 0.286. The smallest absolute Gasteiger partial charge is 0.326 e. The summed E-state index contributed by atoms with van der Waals surface area (Å²) >= 11 is 0. The molecule has 0 bridgehead atoms. The van der Waals surface area contributed by atoms with Crippen molar-refractivity contribution < 1.29 is 4.79 Å². The first-order chi connectivity index (χ1) is 13.2. The van der Waals surface area contributed by atoms with Gasteiger partial charge in [0.25, 0.3) is 0 Å². The Morgan fingerprint density at radius 2 is 1.81 bits per heavy atom. The highest BCUT2D eigenvalue weighted by Gasteiger charge is 2.26. The lowest BCUT2D eigenvalue weighted by atomic mass is 10.0. The Morgan fingerprint density at radius 1 is 1.11 bits per heavy atom. The maximum absolute atomic E-state index is 12.6. The summed E-state index contributed by atoms with van der Waals surface area (Å²) in [4.78, 5) is 29.7. The topological polar surface area (TPSA) is 81.9 Å². The van der Waals surface area contributed by atoms with Crippen molar-refractivity contribution in [2.45, 2.75) is 25.3 Å². The van der Waals surface area contributed by atoms with Crippen molar-refractivity contribution in [1.82, 2.24) is 14.5 Å². The van der Waals surface area contributed by atoms with Crippen LogP contribution in [0.2, 0.25) is 0 Å². The highest BCUT2D eigenvalue weighted by molar-refractivity contribution is 5.79. The van der Waals surface area contributed by atoms with Gasteiger partial charge in [0.15, 0.2) is 0 Å². The Morgan fingerprint density at radius 3 is 2.52 bits per heavy atom. The van der Waals surface area contributed by atoms with E-state index in [1.807, 2.05) is 45.9 Å². The highest BCUT2D eigenvalue weighted by atomic mass is 16.2. The molecule has 1 fully saturated rings. The molecule has 27 heavy (non-hydrogen) atoms. The minimum Gasteiger partial charge on any atom is -0.342 e. The molecule has 2 heterocycles. The molecule has 4 rings (SSSR count). The molecule has 0 spiro atoms. The first-order valence-electron chi connectivity index (χ1n) is 9.12. The SMILES string of the molecule is N#Cc1ccc(CC(=O)N2CCC(n3c(=O)[nH]c4ccccc43)CC2)cc1. The molecule has 1 aromatic heterocycles. The number of imidazole rings is 1. The Bertz CT molecular complexity index is 1060. The van der Waals surface area contributed by atoms with Gasteiger partial charge in [-0.05, 0) is 42.7 Å². The number of likely N-dealkylation sites (tertiary alicyclic amines) is 1. The van der Waals surface area contributed by atoms with Gasteiger partial charge in [-0.1, -0.05) is 24.3 Å². The number of fused-ring (bicyclic) bond motifs is 1. The average Bonchev–Trinajstić information content (AvgIpc) is 3.04. The summed E-state index contributed by atoms with van der Waals surface area (Å²) < 4.78 is 1.83. The summed E-state index contributed by atoms with van der Waals surface area (Å²) in [6.45, 7) is 1.29. The summed E-state index contributed by atoms with van der Waals surface area (Å²) in [5, 5.41) is 8.85. The number of nitrogens with one attached hydrogen (secondary N) is 1. The molecule has 136 valence electrons. The van der Waals surface area contributed by atoms with Gasteiger partial charge < -0.3 is 9.88 Å². The molecule has 3 aromatic rings. The van der Waals surface area contributed by atoms with E-state index in [-0.39, 0.29) is 17.6 Å². The van der Waals surface area contributed by atoms with Crippen molar-refractivity contribution in [3.63, 3.8) is 0 Å². The number of piperidine rings is 1. The molecule has 0 unspecified atom stereocenters. The molecule has 1 saturated heterocycles. The third-order valence-corrected chi connectivity index (χ3v) is 5.24. The van der Waals surface area contributed by atoms with Gasteiger partial charge >= 0.3 is 5.69 Å². The van der Waals surface area contributed by atoms with Crippen LogP contribution in [0, 0.1) is 11.3 Å². The zero-order chi connectivity index (χ0) is 18.8. The van der Waals surface area contributed by atoms with Crippen LogP contribution in [-0.2, 0) is 11.2 Å². The van der Waals surface area contributed by atoms with Crippen LogP contribution in [0.3, 0.4) is 0 Å². The van der Waals surface area contributed by atoms with Crippen molar-refractivity contribution in [3.8, 4) is 6.07 Å². The molecular weight excluding hydrogens is 340 g/mol. The number of H-pyrrole nitrogens is 1. The number of aromatic amines is 1. The summed E-state index contributed by atoms with van der Waals surface area (Å²) in [5.41, 5.74) is 3.19. The first-order valence-corrected chi connectivity index (χ1v) is 9.12. The van der Waals surface area contributed by atoms with Crippen LogP contribution in [0.5, 0.6) is 0 Å². The molecule has 1 aliphatic rings. The van der Waals surface area contributed by atoms with Crippen LogP contribution in [0.4, 0.5) is 0 Å². The molecule has 1 amide bonds. The molecule has 6 heteroatoms. The van der Waals surface area contributed by atoms with E-state index in [1.165, 1.54) is 0 Å². The number of nitrogens with zero attached hydrogens (tertiary/aromatic N) is 3. The maximum atomic E-state index is 12.6. The van der Waals surface area contributed by atoms with E-state index < -0.39 is 0 Å². The molecule has 0 radical (unpaired) electrons. The number of carbonyl (C=O) groups is 1.